The number of benzene rings is 1. The topological polar surface area (TPSA) is 35.8 Å². The molecule has 1 saturated heterocycles. The number of nitrogens with zero attached hydrogens (tertiary/aromatic N) is 2. The Morgan fingerprint density at radius 1 is 1.40 bits per heavy atom. The molecule has 2 heterocycles. The summed E-state index contributed by atoms with van der Waals surface area (Å²) in [6.07, 6.45) is 1.70. The monoisotopic (exact) mass is 330 g/mol. The number of thioether (sulfide) groups is 1. The second-order valence-electron chi connectivity index (χ2n) is 4.99. The number of rotatable bonds is 3. The number of amidine groups is 1. The van der Waals surface area contributed by atoms with E-state index in [4.69, 9.17) is 23.2 Å². The number of hydrogen-bond donors (Lipinski definition) is 1. The average Bonchev–Trinajstić information content (AvgIpc) is 2.75. The first kappa shape index (κ1) is 14.5. The zero-order chi connectivity index (χ0) is 14.2. The van der Waals surface area contributed by atoms with Gasteiger partial charge in [0.25, 0.3) is 0 Å². The first-order valence-electron chi connectivity index (χ1n) is 6.69. The zero-order valence-electron chi connectivity index (χ0n) is 10.9. The lowest BCUT2D eigenvalue weighted by molar-refractivity contribution is -0.0726. The van der Waals surface area contributed by atoms with Crippen LogP contribution in [0.5, 0.6) is 0 Å². The molecule has 0 radical (unpaired) electrons. The largest absolute Gasteiger partial charge is 0.366 e. The van der Waals surface area contributed by atoms with E-state index in [1.165, 1.54) is 0 Å². The molecule has 2 aliphatic rings. The Morgan fingerprint density at radius 2 is 2.15 bits per heavy atom. The molecule has 1 N–H and O–H groups in total. The van der Waals surface area contributed by atoms with Crippen molar-refractivity contribution >= 4 is 40.1 Å². The van der Waals surface area contributed by atoms with Gasteiger partial charge in [-0.05, 0) is 25.0 Å². The van der Waals surface area contributed by atoms with Crippen LogP contribution < -0.4 is 0 Å². The van der Waals surface area contributed by atoms with Gasteiger partial charge in [-0.15, -0.1) is 11.6 Å². The summed E-state index contributed by atoms with van der Waals surface area (Å²) in [7, 11) is 0. The molecule has 2 aliphatic heterocycles. The normalized spacial score (nSPS) is 29.2. The van der Waals surface area contributed by atoms with E-state index in [1.807, 2.05) is 29.2 Å². The van der Waals surface area contributed by atoms with Gasteiger partial charge in [-0.25, -0.2) is 0 Å². The van der Waals surface area contributed by atoms with E-state index in [9.17, 15) is 5.11 Å². The molecule has 0 aromatic heterocycles. The van der Waals surface area contributed by atoms with Crippen molar-refractivity contribution in [3.8, 4) is 0 Å². The van der Waals surface area contributed by atoms with Crippen LogP contribution in [0.3, 0.4) is 0 Å². The Labute approximate surface area is 133 Å². The number of hydrogen-bond acceptors (Lipinski definition) is 4. The lowest BCUT2D eigenvalue weighted by atomic mass is 9.95. The molecule has 1 aromatic rings. The average molecular weight is 331 g/mol. The molecule has 3 rings (SSSR count). The quantitative estimate of drug-likeness (QED) is 0.864. The number of aliphatic hydroxyl groups is 1. The lowest BCUT2D eigenvalue weighted by Gasteiger charge is -2.39. The van der Waals surface area contributed by atoms with Gasteiger partial charge in [0.1, 0.15) is 0 Å². The molecule has 2 atom stereocenters. The summed E-state index contributed by atoms with van der Waals surface area (Å²) >= 11 is 13.5. The highest BCUT2D eigenvalue weighted by molar-refractivity contribution is 8.14. The van der Waals surface area contributed by atoms with Crippen LogP contribution in [0, 0.1) is 0 Å². The summed E-state index contributed by atoms with van der Waals surface area (Å²) in [5.74, 6) is 0.523. The summed E-state index contributed by atoms with van der Waals surface area (Å²) in [6, 6.07) is 7.41. The third-order valence-electron chi connectivity index (χ3n) is 3.77. The maximum absolute atomic E-state index is 11.4. The van der Waals surface area contributed by atoms with Gasteiger partial charge in [-0.2, -0.15) is 0 Å². The van der Waals surface area contributed by atoms with Crippen LogP contribution in [0.2, 0.25) is 5.02 Å². The van der Waals surface area contributed by atoms with E-state index < -0.39 is 5.72 Å². The van der Waals surface area contributed by atoms with Crippen molar-refractivity contribution < 1.29 is 5.11 Å². The minimum absolute atomic E-state index is 0.00183. The second kappa shape index (κ2) is 5.76. The van der Waals surface area contributed by atoms with E-state index in [0.29, 0.717) is 10.9 Å². The molecule has 0 amide bonds. The summed E-state index contributed by atoms with van der Waals surface area (Å²) < 4.78 is 0. The lowest BCUT2D eigenvalue weighted by Crippen LogP contribution is -2.50. The predicted molar refractivity (Wildman–Crippen MR) is 85.7 cm³/mol. The Hall–Kier alpha value is -0.420. The summed E-state index contributed by atoms with van der Waals surface area (Å²) in [4.78, 5) is 6.55. The molecular weight excluding hydrogens is 315 g/mol. The molecule has 3 nitrogen and oxygen atoms in total. The van der Waals surface area contributed by atoms with E-state index in [-0.39, 0.29) is 5.25 Å². The van der Waals surface area contributed by atoms with Crippen molar-refractivity contribution in [3.63, 3.8) is 0 Å². The Morgan fingerprint density at radius 3 is 2.85 bits per heavy atom. The van der Waals surface area contributed by atoms with Gasteiger partial charge in [0.2, 0.25) is 0 Å². The number of aliphatic imine (C=N–C) groups is 1. The van der Waals surface area contributed by atoms with Gasteiger partial charge >= 0.3 is 0 Å². The molecule has 1 aromatic carbocycles. The van der Waals surface area contributed by atoms with Gasteiger partial charge < -0.3 is 10.0 Å². The molecule has 20 heavy (non-hydrogen) atoms. The number of halogens is 2. The van der Waals surface area contributed by atoms with Crippen LogP contribution in [-0.2, 0) is 5.72 Å². The molecule has 0 spiro atoms. The summed E-state index contributed by atoms with van der Waals surface area (Å²) in [6.45, 7) is 1.66. The van der Waals surface area contributed by atoms with E-state index in [0.717, 1.165) is 36.7 Å². The standard InChI is InChI=1S/C14H16Cl2N2OS/c15-7-6-12-14(19,10-2-4-11(16)5-3-10)18-9-1-8-17-13(18)20-12/h2-5,12,19H,1,6-9H2. The smallest absolute Gasteiger partial charge is 0.178 e. The van der Waals surface area contributed by atoms with Crippen LogP contribution in [0.1, 0.15) is 18.4 Å². The fourth-order valence-electron chi connectivity index (χ4n) is 2.78. The van der Waals surface area contributed by atoms with Gasteiger partial charge in [-0.1, -0.05) is 35.5 Å². The van der Waals surface area contributed by atoms with Gasteiger partial charge in [0, 0.05) is 29.6 Å². The van der Waals surface area contributed by atoms with Crippen molar-refractivity contribution in [1.82, 2.24) is 4.90 Å². The van der Waals surface area contributed by atoms with Crippen molar-refractivity contribution in [3.05, 3.63) is 34.9 Å². The van der Waals surface area contributed by atoms with Crippen LogP contribution in [0.15, 0.2) is 29.3 Å². The molecule has 2 unspecified atom stereocenters. The Balaban J connectivity index is 2.03. The summed E-state index contributed by atoms with van der Waals surface area (Å²) in [5.41, 5.74) is -0.180. The first-order chi connectivity index (χ1) is 9.66. The van der Waals surface area contributed by atoms with Crippen molar-refractivity contribution in [2.45, 2.75) is 23.8 Å². The maximum Gasteiger partial charge on any atom is 0.178 e. The Bertz CT molecular complexity index is 522. The molecule has 6 heteroatoms. The molecule has 0 aliphatic carbocycles. The SMILES string of the molecule is OC1(c2ccc(Cl)cc2)C(CCCl)SC2=NCCCN21. The maximum atomic E-state index is 11.4. The third-order valence-corrected chi connectivity index (χ3v) is 5.65. The predicted octanol–water partition coefficient (Wildman–Crippen LogP) is 3.29. The Kier molecular flexibility index (Phi) is 4.18. The molecule has 108 valence electrons. The second-order valence-corrected chi connectivity index (χ2v) is 6.97. The molecular formula is C14H16Cl2N2OS. The van der Waals surface area contributed by atoms with Crippen molar-refractivity contribution in [2.24, 2.45) is 4.99 Å². The van der Waals surface area contributed by atoms with E-state index in [2.05, 4.69) is 4.99 Å². The van der Waals surface area contributed by atoms with Gasteiger partial charge in [-0.3, -0.25) is 4.99 Å². The minimum Gasteiger partial charge on any atom is -0.366 e. The minimum atomic E-state index is -1.04. The van der Waals surface area contributed by atoms with Crippen LogP contribution in [-0.4, -0.2) is 39.4 Å². The van der Waals surface area contributed by atoms with Gasteiger partial charge in [0.05, 0.1) is 5.25 Å². The number of alkyl halides is 1. The van der Waals surface area contributed by atoms with Crippen LogP contribution in [0.25, 0.3) is 0 Å². The summed E-state index contributed by atoms with van der Waals surface area (Å²) in [5, 5.41) is 13.0. The van der Waals surface area contributed by atoms with Crippen LogP contribution in [0.4, 0.5) is 0 Å². The zero-order valence-corrected chi connectivity index (χ0v) is 13.3. The van der Waals surface area contributed by atoms with E-state index in [1.54, 1.807) is 11.8 Å². The molecule has 1 fully saturated rings. The van der Waals surface area contributed by atoms with Gasteiger partial charge in [0.15, 0.2) is 10.9 Å². The highest BCUT2D eigenvalue weighted by Crippen LogP contribution is 2.47. The molecule has 0 saturated carbocycles. The highest BCUT2D eigenvalue weighted by atomic mass is 35.5. The first-order valence-corrected chi connectivity index (χ1v) is 8.48. The highest BCUT2D eigenvalue weighted by Gasteiger charge is 2.52. The molecule has 0 bridgehead atoms. The van der Waals surface area contributed by atoms with Crippen molar-refractivity contribution in [2.75, 3.05) is 19.0 Å². The fraction of sp³-hybridized carbons (Fsp3) is 0.500. The fourth-order valence-corrected chi connectivity index (χ4v) is 4.70. The van der Waals surface area contributed by atoms with Crippen molar-refractivity contribution in [1.29, 1.82) is 0 Å². The van der Waals surface area contributed by atoms with Crippen LogP contribution >= 0.6 is 35.0 Å². The van der Waals surface area contributed by atoms with E-state index >= 15 is 0 Å². The third kappa shape index (κ3) is 2.33. The number of fused-ring (bicyclic) bond motifs is 1.